The first-order valence-electron chi connectivity index (χ1n) is 7.21. The summed E-state index contributed by atoms with van der Waals surface area (Å²) in [6.07, 6.45) is 7.00. The van der Waals surface area contributed by atoms with E-state index in [-0.39, 0.29) is 5.38 Å². The molecule has 1 amide bonds. The van der Waals surface area contributed by atoms with E-state index in [1.807, 2.05) is 0 Å². The van der Waals surface area contributed by atoms with Gasteiger partial charge in [0.05, 0.1) is 0 Å². The van der Waals surface area contributed by atoms with Crippen LogP contribution in [0.3, 0.4) is 0 Å². The van der Waals surface area contributed by atoms with Gasteiger partial charge in [-0.3, -0.25) is 4.79 Å². The average Bonchev–Trinajstić information content (AvgIpc) is 2.96. The van der Waals surface area contributed by atoms with Gasteiger partial charge in [-0.2, -0.15) is 0 Å². The summed E-state index contributed by atoms with van der Waals surface area (Å²) < 4.78 is 0. The minimum atomic E-state index is 0.285. The molecule has 0 aromatic carbocycles. The van der Waals surface area contributed by atoms with Crippen molar-refractivity contribution in [3.05, 3.63) is 22.4 Å². The first-order valence-corrected chi connectivity index (χ1v) is 8.53. The molecule has 2 fully saturated rings. The number of aryl methyl sites for hydroxylation is 1. The highest BCUT2D eigenvalue weighted by molar-refractivity contribution is 7.09. The lowest BCUT2D eigenvalue weighted by molar-refractivity contribution is -0.135. The van der Waals surface area contributed by atoms with E-state index in [0.29, 0.717) is 24.4 Å². The fourth-order valence-electron chi connectivity index (χ4n) is 3.52. The molecule has 2 aliphatic heterocycles. The molecule has 4 heteroatoms. The molecule has 2 saturated heterocycles. The maximum atomic E-state index is 12.4. The average molecular weight is 298 g/mol. The third-order valence-corrected chi connectivity index (χ3v) is 5.65. The molecule has 0 spiro atoms. The van der Waals surface area contributed by atoms with E-state index in [9.17, 15) is 4.79 Å². The van der Waals surface area contributed by atoms with Crippen LogP contribution in [0.4, 0.5) is 0 Å². The van der Waals surface area contributed by atoms with Gasteiger partial charge in [-0.05, 0) is 50.0 Å². The molecular weight excluding hydrogens is 278 g/mol. The summed E-state index contributed by atoms with van der Waals surface area (Å²) >= 11 is 8.03. The Morgan fingerprint density at radius 1 is 1.37 bits per heavy atom. The standard InChI is InChI=1S/C15H20ClNOS/c16-11-9-12-6-7-13(10-11)17(12)15(18)5-1-3-14-4-2-8-19-14/h2,4,8,11-13H,1,3,5-7,9-10H2. The van der Waals surface area contributed by atoms with Crippen molar-refractivity contribution < 1.29 is 4.79 Å². The zero-order valence-electron chi connectivity index (χ0n) is 11.1. The maximum Gasteiger partial charge on any atom is 0.223 e. The number of hydrogen-bond donors (Lipinski definition) is 0. The first kappa shape index (κ1) is 13.4. The van der Waals surface area contributed by atoms with Crippen LogP contribution in [0, 0.1) is 0 Å². The van der Waals surface area contributed by atoms with Crippen LogP contribution in [0.2, 0.25) is 0 Å². The van der Waals surface area contributed by atoms with Crippen molar-refractivity contribution in [1.82, 2.24) is 4.90 Å². The van der Waals surface area contributed by atoms with Crippen LogP contribution in [0.1, 0.15) is 43.4 Å². The zero-order valence-corrected chi connectivity index (χ0v) is 12.6. The third-order valence-electron chi connectivity index (χ3n) is 4.36. The summed E-state index contributed by atoms with van der Waals surface area (Å²) in [6, 6.07) is 5.08. The van der Waals surface area contributed by atoms with Crippen molar-refractivity contribution in [1.29, 1.82) is 0 Å². The normalized spacial score (nSPS) is 29.7. The number of nitrogens with zero attached hydrogens (tertiary/aromatic N) is 1. The van der Waals surface area contributed by atoms with Crippen molar-refractivity contribution in [3.8, 4) is 0 Å². The lowest BCUT2D eigenvalue weighted by Gasteiger charge is -2.37. The number of hydrogen-bond acceptors (Lipinski definition) is 2. The van der Waals surface area contributed by atoms with Crippen LogP contribution in [0.25, 0.3) is 0 Å². The SMILES string of the molecule is O=C(CCCc1cccs1)N1C2CCC1CC(Cl)C2. The molecule has 2 unspecified atom stereocenters. The second-order valence-electron chi connectivity index (χ2n) is 5.69. The van der Waals surface area contributed by atoms with Gasteiger partial charge in [-0.25, -0.2) is 0 Å². The Morgan fingerprint density at radius 3 is 2.74 bits per heavy atom. The number of amides is 1. The van der Waals surface area contributed by atoms with Gasteiger partial charge >= 0.3 is 0 Å². The number of rotatable bonds is 4. The highest BCUT2D eigenvalue weighted by Crippen LogP contribution is 2.38. The van der Waals surface area contributed by atoms with E-state index in [4.69, 9.17) is 11.6 Å². The van der Waals surface area contributed by atoms with E-state index >= 15 is 0 Å². The molecule has 0 aliphatic carbocycles. The van der Waals surface area contributed by atoms with E-state index in [1.165, 1.54) is 4.88 Å². The van der Waals surface area contributed by atoms with Crippen molar-refractivity contribution >= 4 is 28.8 Å². The molecule has 1 aromatic heterocycles. The largest absolute Gasteiger partial charge is 0.337 e. The molecule has 104 valence electrons. The summed E-state index contributed by atoms with van der Waals surface area (Å²) in [5, 5.41) is 2.38. The quantitative estimate of drug-likeness (QED) is 0.774. The Kier molecular flexibility index (Phi) is 4.13. The molecule has 19 heavy (non-hydrogen) atoms. The summed E-state index contributed by atoms with van der Waals surface area (Å²) in [5.41, 5.74) is 0. The summed E-state index contributed by atoms with van der Waals surface area (Å²) in [5.74, 6) is 0.354. The van der Waals surface area contributed by atoms with Gasteiger partial charge < -0.3 is 4.90 Å². The molecule has 1 aromatic rings. The maximum absolute atomic E-state index is 12.4. The number of thiophene rings is 1. The minimum absolute atomic E-state index is 0.285. The number of piperidine rings is 1. The number of alkyl halides is 1. The van der Waals surface area contributed by atoms with Gasteiger partial charge in [0.15, 0.2) is 0 Å². The Morgan fingerprint density at radius 2 is 2.11 bits per heavy atom. The highest BCUT2D eigenvalue weighted by Gasteiger charge is 2.42. The topological polar surface area (TPSA) is 20.3 Å². The molecule has 2 atom stereocenters. The van der Waals surface area contributed by atoms with Crippen LogP contribution in [0.15, 0.2) is 17.5 Å². The van der Waals surface area contributed by atoms with Crippen molar-refractivity contribution in [3.63, 3.8) is 0 Å². The van der Waals surface area contributed by atoms with Crippen LogP contribution in [-0.4, -0.2) is 28.3 Å². The molecule has 3 heterocycles. The third kappa shape index (κ3) is 2.97. The van der Waals surface area contributed by atoms with Gasteiger partial charge in [0, 0.05) is 28.8 Å². The predicted molar refractivity (Wildman–Crippen MR) is 79.8 cm³/mol. The van der Waals surface area contributed by atoms with Crippen LogP contribution < -0.4 is 0 Å². The van der Waals surface area contributed by atoms with Gasteiger partial charge in [-0.15, -0.1) is 22.9 Å². The molecule has 0 saturated carbocycles. The van der Waals surface area contributed by atoms with Crippen molar-refractivity contribution in [2.24, 2.45) is 0 Å². The van der Waals surface area contributed by atoms with Crippen LogP contribution >= 0.6 is 22.9 Å². The smallest absolute Gasteiger partial charge is 0.223 e. The monoisotopic (exact) mass is 297 g/mol. The van der Waals surface area contributed by atoms with E-state index in [2.05, 4.69) is 22.4 Å². The lowest BCUT2D eigenvalue weighted by atomic mass is 10.0. The molecule has 2 nitrogen and oxygen atoms in total. The first-order chi connectivity index (χ1) is 9.24. The highest BCUT2D eigenvalue weighted by atomic mass is 35.5. The molecule has 0 N–H and O–H groups in total. The zero-order chi connectivity index (χ0) is 13.2. The Bertz CT molecular complexity index is 419. The molecule has 2 aliphatic rings. The van der Waals surface area contributed by atoms with Crippen LogP contribution in [-0.2, 0) is 11.2 Å². The van der Waals surface area contributed by atoms with E-state index < -0.39 is 0 Å². The van der Waals surface area contributed by atoms with E-state index in [0.717, 1.165) is 38.5 Å². The van der Waals surface area contributed by atoms with Gasteiger partial charge in [0.25, 0.3) is 0 Å². The second kappa shape index (κ2) is 5.84. The molecule has 0 radical (unpaired) electrons. The number of carbonyl (C=O) groups excluding carboxylic acids is 1. The number of halogens is 1. The minimum Gasteiger partial charge on any atom is -0.337 e. The van der Waals surface area contributed by atoms with Gasteiger partial charge in [0.2, 0.25) is 5.91 Å². The fraction of sp³-hybridized carbons (Fsp3) is 0.667. The van der Waals surface area contributed by atoms with Gasteiger partial charge in [-0.1, -0.05) is 6.07 Å². The summed E-state index contributed by atoms with van der Waals surface area (Å²) in [4.78, 5) is 15.9. The van der Waals surface area contributed by atoms with Gasteiger partial charge in [0.1, 0.15) is 0 Å². The van der Waals surface area contributed by atoms with E-state index in [1.54, 1.807) is 11.3 Å². The second-order valence-corrected chi connectivity index (χ2v) is 7.34. The predicted octanol–water partition coefficient (Wildman–Crippen LogP) is 3.83. The summed E-state index contributed by atoms with van der Waals surface area (Å²) in [6.45, 7) is 0. The fourth-order valence-corrected chi connectivity index (χ4v) is 4.68. The van der Waals surface area contributed by atoms with Crippen molar-refractivity contribution in [2.45, 2.75) is 62.4 Å². The Hall–Kier alpha value is -0.540. The molecule has 3 rings (SSSR count). The number of fused-ring (bicyclic) bond motifs is 2. The van der Waals surface area contributed by atoms with Crippen molar-refractivity contribution in [2.75, 3.05) is 0 Å². The Labute approximate surface area is 123 Å². The summed E-state index contributed by atoms with van der Waals surface area (Å²) in [7, 11) is 0. The lowest BCUT2D eigenvalue weighted by Crippen LogP contribution is -2.46. The number of carbonyl (C=O) groups is 1. The Balaban J connectivity index is 1.51. The van der Waals surface area contributed by atoms with Crippen LogP contribution in [0.5, 0.6) is 0 Å². The molecular formula is C15H20ClNOS. The molecule has 2 bridgehead atoms.